The molecular formula is C19H29N3O2S. The molecule has 0 saturated heterocycles. The minimum Gasteiger partial charge on any atom is -0.332 e. The van der Waals surface area contributed by atoms with Crippen molar-refractivity contribution in [2.45, 2.75) is 59.8 Å². The summed E-state index contributed by atoms with van der Waals surface area (Å²) in [7, 11) is 0. The van der Waals surface area contributed by atoms with E-state index in [4.69, 9.17) is 12.2 Å². The van der Waals surface area contributed by atoms with E-state index in [1.54, 1.807) is 6.07 Å². The van der Waals surface area contributed by atoms with Crippen molar-refractivity contribution < 1.29 is 9.59 Å². The Morgan fingerprint density at radius 3 is 2.28 bits per heavy atom. The van der Waals surface area contributed by atoms with Crippen LogP contribution in [0.3, 0.4) is 0 Å². The summed E-state index contributed by atoms with van der Waals surface area (Å²) >= 11 is 5.17. The Balaban J connectivity index is 2.51. The lowest BCUT2D eigenvalue weighted by atomic mass is 9.95. The normalized spacial score (nSPS) is 10.9. The van der Waals surface area contributed by atoms with Crippen molar-refractivity contribution in [2.75, 3.05) is 10.6 Å². The monoisotopic (exact) mass is 363 g/mol. The molecule has 1 rings (SSSR count). The topological polar surface area (TPSA) is 70.2 Å². The van der Waals surface area contributed by atoms with Crippen LogP contribution in [0, 0.1) is 5.41 Å². The molecule has 0 bridgehead atoms. The first kappa shape index (κ1) is 21.1. The first-order valence-corrected chi connectivity index (χ1v) is 9.15. The van der Waals surface area contributed by atoms with Gasteiger partial charge in [0.1, 0.15) is 0 Å². The Kier molecular flexibility index (Phi) is 8.55. The van der Waals surface area contributed by atoms with Gasteiger partial charge in [-0.2, -0.15) is 0 Å². The van der Waals surface area contributed by atoms with Crippen molar-refractivity contribution in [2.24, 2.45) is 5.41 Å². The molecule has 0 fully saturated rings. The predicted octanol–water partition coefficient (Wildman–Crippen LogP) is 4.45. The van der Waals surface area contributed by atoms with E-state index in [2.05, 4.69) is 22.9 Å². The fourth-order valence-electron chi connectivity index (χ4n) is 2.06. The first-order valence-electron chi connectivity index (χ1n) is 8.74. The number of amides is 2. The fraction of sp³-hybridized carbons (Fsp3) is 0.526. The maximum Gasteiger partial charge on any atom is 0.229 e. The predicted molar refractivity (Wildman–Crippen MR) is 108 cm³/mol. The van der Waals surface area contributed by atoms with Gasteiger partial charge in [-0.1, -0.05) is 53.0 Å². The zero-order valence-electron chi connectivity index (χ0n) is 15.6. The summed E-state index contributed by atoms with van der Waals surface area (Å²) in [6.07, 6.45) is 4.69. The minimum absolute atomic E-state index is 0.0624. The molecule has 0 aliphatic rings. The smallest absolute Gasteiger partial charge is 0.229 e. The Morgan fingerprint density at radius 1 is 1.04 bits per heavy atom. The summed E-state index contributed by atoms with van der Waals surface area (Å²) in [5, 5.41) is 8.79. The SMILES string of the molecule is CCCCCCC(=O)NC(=S)Nc1cccc(NC(=O)C(C)(C)C)c1. The highest BCUT2D eigenvalue weighted by atomic mass is 32.1. The molecule has 0 aliphatic heterocycles. The molecule has 3 N–H and O–H groups in total. The number of benzene rings is 1. The molecule has 1 aromatic carbocycles. The molecule has 0 saturated carbocycles. The van der Waals surface area contributed by atoms with Crippen molar-refractivity contribution >= 4 is 40.5 Å². The van der Waals surface area contributed by atoms with Crippen molar-refractivity contribution in [1.29, 1.82) is 0 Å². The highest BCUT2D eigenvalue weighted by Crippen LogP contribution is 2.20. The van der Waals surface area contributed by atoms with Crippen molar-refractivity contribution in [3.8, 4) is 0 Å². The highest BCUT2D eigenvalue weighted by molar-refractivity contribution is 7.80. The molecule has 5 nitrogen and oxygen atoms in total. The molecule has 138 valence electrons. The molecule has 0 heterocycles. The van der Waals surface area contributed by atoms with E-state index in [0.29, 0.717) is 17.8 Å². The number of rotatable bonds is 7. The van der Waals surface area contributed by atoms with Crippen LogP contribution in [0.25, 0.3) is 0 Å². The van der Waals surface area contributed by atoms with Gasteiger partial charge >= 0.3 is 0 Å². The number of hydrogen-bond donors (Lipinski definition) is 3. The zero-order valence-corrected chi connectivity index (χ0v) is 16.4. The Labute approximate surface area is 156 Å². The molecule has 0 spiro atoms. The molecule has 0 aromatic heterocycles. The second-order valence-electron chi connectivity index (χ2n) is 7.10. The second kappa shape index (κ2) is 10.1. The fourth-order valence-corrected chi connectivity index (χ4v) is 2.29. The third kappa shape index (κ3) is 8.63. The van der Waals surface area contributed by atoms with Crippen molar-refractivity contribution in [3.63, 3.8) is 0 Å². The Hall–Kier alpha value is -1.95. The number of carbonyl (C=O) groups excluding carboxylic acids is 2. The summed E-state index contributed by atoms with van der Waals surface area (Å²) in [6.45, 7) is 7.71. The van der Waals surface area contributed by atoms with E-state index in [0.717, 1.165) is 25.7 Å². The number of anilines is 2. The van der Waals surface area contributed by atoms with Crippen LogP contribution in [0.5, 0.6) is 0 Å². The lowest BCUT2D eigenvalue weighted by Gasteiger charge is -2.18. The van der Waals surface area contributed by atoms with Gasteiger partial charge in [0.15, 0.2) is 5.11 Å². The van der Waals surface area contributed by atoms with E-state index in [-0.39, 0.29) is 16.9 Å². The van der Waals surface area contributed by atoms with Crippen LogP contribution in [0.2, 0.25) is 0 Å². The summed E-state index contributed by atoms with van der Waals surface area (Å²) in [5.41, 5.74) is 0.923. The maximum atomic E-state index is 12.0. The van der Waals surface area contributed by atoms with Gasteiger partial charge < -0.3 is 16.0 Å². The molecule has 2 amide bonds. The Morgan fingerprint density at radius 2 is 1.68 bits per heavy atom. The molecule has 0 atom stereocenters. The quantitative estimate of drug-likeness (QED) is 0.494. The van der Waals surface area contributed by atoms with E-state index in [1.165, 1.54) is 0 Å². The zero-order chi connectivity index (χ0) is 18.9. The van der Waals surface area contributed by atoms with Crippen LogP contribution in [-0.2, 0) is 9.59 Å². The van der Waals surface area contributed by atoms with Crippen LogP contribution >= 0.6 is 12.2 Å². The molecular weight excluding hydrogens is 334 g/mol. The lowest BCUT2D eigenvalue weighted by Crippen LogP contribution is -2.34. The van der Waals surface area contributed by atoms with E-state index in [1.807, 2.05) is 39.0 Å². The highest BCUT2D eigenvalue weighted by Gasteiger charge is 2.21. The van der Waals surface area contributed by atoms with Crippen LogP contribution in [0.1, 0.15) is 59.8 Å². The second-order valence-corrected chi connectivity index (χ2v) is 7.51. The van der Waals surface area contributed by atoms with Gasteiger partial charge in [-0.05, 0) is 36.8 Å². The van der Waals surface area contributed by atoms with Crippen molar-refractivity contribution in [1.82, 2.24) is 5.32 Å². The molecule has 0 radical (unpaired) electrons. The van der Waals surface area contributed by atoms with Gasteiger partial charge in [-0.15, -0.1) is 0 Å². The van der Waals surface area contributed by atoms with E-state index in [9.17, 15) is 9.59 Å². The van der Waals surface area contributed by atoms with E-state index < -0.39 is 5.41 Å². The molecule has 1 aromatic rings. The average Bonchev–Trinajstić information content (AvgIpc) is 2.50. The summed E-state index contributed by atoms with van der Waals surface area (Å²) in [4.78, 5) is 23.9. The standard InChI is InChI=1S/C19H29N3O2S/c1-5-6-7-8-12-16(23)22-18(25)21-15-11-9-10-14(13-15)20-17(24)19(2,3)4/h9-11,13H,5-8,12H2,1-4H3,(H,20,24)(H2,21,22,23,25). The minimum atomic E-state index is -0.468. The molecule has 25 heavy (non-hydrogen) atoms. The third-order valence-corrected chi connectivity index (χ3v) is 3.77. The van der Waals surface area contributed by atoms with Gasteiger partial charge in [-0.25, -0.2) is 0 Å². The Bertz CT molecular complexity index is 609. The third-order valence-electron chi connectivity index (χ3n) is 3.57. The van der Waals surface area contributed by atoms with E-state index >= 15 is 0 Å². The number of carbonyl (C=O) groups is 2. The number of unbranched alkanes of at least 4 members (excludes halogenated alkanes) is 3. The number of nitrogens with one attached hydrogen (secondary N) is 3. The van der Waals surface area contributed by atoms with Gasteiger partial charge in [0.05, 0.1) is 0 Å². The molecule has 0 aliphatic carbocycles. The van der Waals surface area contributed by atoms with Gasteiger partial charge in [0, 0.05) is 23.2 Å². The molecule has 0 unspecified atom stereocenters. The summed E-state index contributed by atoms with van der Waals surface area (Å²) in [5.74, 6) is -0.140. The van der Waals surface area contributed by atoms with Crippen molar-refractivity contribution in [3.05, 3.63) is 24.3 Å². The molecule has 6 heteroatoms. The summed E-state index contributed by atoms with van der Waals surface area (Å²) < 4.78 is 0. The average molecular weight is 364 g/mol. The first-order chi connectivity index (χ1) is 11.7. The number of thiocarbonyl (C=S) groups is 1. The van der Waals surface area contributed by atoms with Crippen LogP contribution in [-0.4, -0.2) is 16.9 Å². The van der Waals surface area contributed by atoms with Crippen LogP contribution in [0.4, 0.5) is 11.4 Å². The van der Waals surface area contributed by atoms with Gasteiger partial charge in [0.2, 0.25) is 11.8 Å². The van der Waals surface area contributed by atoms with Gasteiger partial charge in [0.25, 0.3) is 0 Å². The van der Waals surface area contributed by atoms with Crippen LogP contribution < -0.4 is 16.0 Å². The number of hydrogen-bond acceptors (Lipinski definition) is 3. The largest absolute Gasteiger partial charge is 0.332 e. The summed E-state index contributed by atoms with van der Waals surface area (Å²) in [6, 6.07) is 7.23. The van der Waals surface area contributed by atoms with Gasteiger partial charge in [-0.3, -0.25) is 9.59 Å². The lowest BCUT2D eigenvalue weighted by molar-refractivity contribution is -0.123. The van der Waals surface area contributed by atoms with Crippen LogP contribution in [0.15, 0.2) is 24.3 Å². The maximum absolute atomic E-state index is 12.0.